The molecule has 21 heavy (non-hydrogen) atoms. The van der Waals surface area contributed by atoms with Gasteiger partial charge in [-0.2, -0.15) is 0 Å². The van der Waals surface area contributed by atoms with Crippen LogP contribution in [0.15, 0.2) is 39.2 Å². The maximum Gasteiger partial charge on any atom is 0.257 e. The quantitative estimate of drug-likeness (QED) is 0.808. The Kier molecular flexibility index (Phi) is 4.83. The largest absolute Gasteiger partial charge is 0.464 e. The maximum atomic E-state index is 14.1. The highest BCUT2D eigenvalue weighted by Crippen LogP contribution is 2.22. The number of aryl methyl sites for hydroxylation is 1. The molecule has 0 atom stereocenters. The fourth-order valence-corrected chi connectivity index (χ4v) is 2.42. The van der Waals surface area contributed by atoms with Crippen LogP contribution in [0, 0.1) is 12.7 Å². The second-order valence-corrected chi connectivity index (χ2v) is 5.99. The maximum absolute atomic E-state index is 14.1. The number of furan rings is 1. The highest BCUT2D eigenvalue weighted by molar-refractivity contribution is 9.10. The Morgan fingerprint density at radius 2 is 2.05 bits per heavy atom. The summed E-state index contributed by atoms with van der Waals surface area (Å²) in [6, 6.07) is 8.32. The van der Waals surface area contributed by atoms with Gasteiger partial charge in [0.15, 0.2) is 0 Å². The van der Waals surface area contributed by atoms with Crippen LogP contribution in [0.5, 0.6) is 0 Å². The van der Waals surface area contributed by atoms with Crippen molar-refractivity contribution in [3.8, 4) is 0 Å². The van der Waals surface area contributed by atoms with E-state index in [4.69, 9.17) is 4.42 Å². The standard InChI is InChI=1S/C16H17BrFNO2/c1-10(2)19(9-12-8-7-11(3)21-12)16(20)13-5-4-6-14(17)15(13)18/h4-8,10H,9H2,1-3H3. The minimum atomic E-state index is -0.538. The third kappa shape index (κ3) is 3.53. The molecule has 1 amide bonds. The number of benzene rings is 1. The molecule has 0 saturated heterocycles. The van der Waals surface area contributed by atoms with E-state index >= 15 is 0 Å². The van der Waals surface area contributed by atoms with Gasteiger partial charge in [0.05, 0.1) is 16.6 Å². The Labute approximate surface area is 131 Å². The zero-order chi connectivity index (χ0) is 15.6. The molecule has 1 heterocycles. The molecular formula is C16H17BrFNO2. The van der Waals surface area contributed by atoms with Crippen molar-refractivity contribution in [3.63, 3.8) is 0 Å². The minimum Gasteiger partial charge on any atom is -0.464 e. The first kappa shape index (κ1) is 15.8. The van der Waals surface area contributed by atoms with Crippen molar-refractivity contribution >= 4 is 21.8 Å². The van der Waals surface area contributed by atoms with E-state index in [0.717, 1.165) is 5.76 Å². The molecule has 0 aliphatic carbocycles. The Morgan fingerprint density at radius 3 is 2.62 bits per heavy atom. The average Bonchev–Trinajstić information content (AvgIpc) is 2.84. The Hall–Kier alpha value is -1.62. The summed E-state index contributed by atoms with van der Waals surface area (Å²) in [5, 5.41) is 0. The van der Waals surface area contributed by atoms with Crippen LogP contribution in [0.1, 0.15) is 35.7 Å². The van der Waals surface area contributed by atoms with E-state index in [-0.39, 0.29) is 22.0 Å². The zero-order valence-corrected chi connectivity index (χ0v) is 13.8. The highest BCUT2D eigenvalue weighted by atomic mass is 79.9. The molecule has 0 saturated carbocycles. The van der Waals surface area contributed by atoms with Crippen LogP contribution in [0.25, 0.3) is 0 Å². The first-order valence-electron chi connectivity index (χ1n) is 6.70. The van der Waals surface area contributed by atoms with Crippen molar-refractivity contribution in [2.45, 2.75) is 33.4 Å². The van der Waals surface area contributed by atoms with E-state index in [0.29, 0.717) is 12.3 Å². The lowest BCUT2D eigenvalue weighted by Gasteiger charge is -2.26. The van der Waals surface area contributed by atoms with E-state index in [2.05, 4.69) is 15.9 Å². The second-order valence-electron chi connectivity index (χ2n) is 5.14. The minimum absolute atomic E-state index is 0.0568. The topological polar surface area (TPSA) is 33.5 Å². The van der Waals surface area contributed by atoms with Crippen molar-refractivity contribution in [2.24, 2.45) is 0 Å². The van der Waals surface area contributed by atoms with Crippen LogP contribution in [-0.2, 0) is 6.54 Å². The molecule has 0 aliphatic rings. The van der Waals surface area contributed by atoms with E-state index in [1.165, 1.54) is 6.07 Å². The molecule has 0 fully saturated rings. The van der Waals surface area contributed by atoms with E-state index in [1.807, 2.05) is 32.9 Å². The number of amides is 1. The number of hydrogen-bond donors (Lipinski definition) is 0. The molecule has 0 spiro atoms. The van der Waals surface area contributed by atoms with Gasteiger partial charge < -0.3 is 9.32 Å². The lowest BCUT2D eigenvalue weighted by atomic mass is 10.1. The Balaban J connectivity index is 2.29. The van der Waals surface area contributed by atoms with Gasteiger partial charge >= 0.3 is 0 Å². The van der Waals surface area contributed by atoms with Crippen LogP contribution in [0.3, 0.4) is 0 Å². The SMILES string of the molecule is Cc1ccc(CN(C(=O)c2cccc(Br)c2F)C(C)C)o1. The second kappa shape index (κ2) is 6.43. The number of rotatable bonds is 4. The van der Waals surface area contributed by atoms with Gasteiger partial charge in [-0.15, -0.1) is 0 Å². The summed E-state index contributed by atoms with van der Waals surface area (Å²) in [5.41, 5.74) is 0.0568. The number of hydrogen-bond acceptors (Lipinski definition) is 2. The summed E-state index contributed by atoms with van der Waals surface area (Å²) in [4.78, 5) is 14.2. The van der Waals surface area contributed by atoms with E-state index in [9.17, 15) is 9.18 Å². The Bertz CT molecular complexity index is 651. The summed E-state index contributed by atoms with van der Waals surface area (Å²) in [5.74, 6) is 0.585. The summed E-state index contributed by atoms with van der Waals surface area (Å²) < 4.78 is 19.9. The van der Waals surface area contributed by atoms with Crippen LogP contribution < -0.4 is 0 Å². The lowest BCUT2D eigenvalue weighted by molar-refractivity contribution is 0.0670. The fourth-order valence-electron chi connectivity index (χ4n) is 2.05. The van der Waals surface area contributed by atoms with Crippen LogP contribution >= 0.6 is 15.9 Å². The van der Waals surface area contributed by atoms with E-state index in [1.54, 1.807) is 17.0 Å². The zero-order valence-electron chi connectivity index (χ0n) is 12.2. The van der Waals surface area contributed by atoms with Gasteiger partial charge in [0.1, 0.15) is 17.3 Å². The normalized spacial score (nSPS) is 11.0. The molecule has 5 heteroatoms. The number of carbonyl (C=O) groups is 1. The van der Waals surface area contributed by atoms with Gasteiger partial charge in [0, 0.05) is 6.04 Å². The van der Waals surface area contributed by atoms with Crippen molar-refractivity contribution in [1.29, 1.82) is 0 Å². The molecule has 3 nitrogen and oxygen atoms in total. The molecule has 2 rings (SSSR count). The molecule has 112 valence electrons. The molecule has 1 aromatic heterocycles. The number of carbonyl (C=O) groups excluding carboxylic acids is 1. The smallest absolute Gasteiger partial charge is 0.257 e. The predicted octanol–water partition coefficient (Wildman–Crippen LogP) is 4.54. The van der Waals surface area contributed by atoms with Crippen LogP contribution in [0.2, 0.25) is 0 Å². The van der Waals surface area contributed by atoms with Gasteiger partial charge in [-0.3, -0.25) is 4.79 Å². The summed E-state index contributed by atoms with van der Waals surface area (Å²) in [7, 11) is 0. The monoisotopic (exact) mass is 353 g/mol. The van der Waals surface area contributed by atoms with Crippen molar-refractivity contribution < 1.29 is 13.6 Å². The van der Waals surface area contributed by atoms with Gasteiger partial charge in [-0.1, -0.05) is 6.07 Å². The average molecular weight is 354 g/mol. The highest BCUT2D eigenvalue weighted by Gasteiger charge is 2.23. The van der Waals surface area contributed by atoms with Gasteiger partial charge in [-0.05, 0) is 61.0 Å². The summed E-state index contributed by atoms with van der Waals surface area (Å²) >= 11 is 3.11. The molecule has 0 unspecified atom stereocenters. The first-order valence-corrected chi connectivity index (χ1v) is 7.49. The first-order chi connectivity index (χ1) is 9.90. The molecule has 2 aromatic rings. The number of nitrogens with zero attached hydrogens (tertiary/aromatic N) is 1. The third-order valence-electron chi connectivity index (χ3n) is 3.19. The summed E-state index contributed by atoms with van der Waals surface area (Å²) in [6.45, 7) is 5.95. The Morgan fingerprint density at radius 1 is 1.33 bits per heavy atom. The van der Waals surface area contributed by atoms with Gasteiger partial charge in [-0.25, -0.2) is 4.39 Å². The predicted molar refractivity (Wildman–Crippen MR) is 82.6 cm³/mol. The van der Waals surface area contributed by atoms with Crippen molar-refractivity contribution in [2.75, 3.05) is 0 Å². The molecule has 1 aromatic carbocycles. The lowest BCUT2D eigenvalue weighted by Crippen LogP contribution is -2.36. The summed E-state index contributed by atoms with van der Waals surface area (Å²) in [6.07, 6.45) is 0. The van der Waals surface area contributed by atoms with E-state index < -0.39 is 5.82 Å². The van der Waals surface area contributed by atoms with Crippen molar-refractivity contribution in [3.05, 3.63) is 57.7 Å². The molecular weight excluding hydrogens is 337 g/mol. The van der Waals surface area contributed by atoms with Crippen molar-refractivity contribution in [1.82, 2.24) is 4.90 Å². The molecule has 0 radical (unpaired) electrons. The molecule has 0 bridgehead atoms. The van der Waals surface area contributed by atoms with Crippen LogP contribution in [-0.4, -0.2) is 16.8 Å². The van der Waals surface area contributed by atoms with Gasteiger partial charge in [0.25, 0.3) is 5.91 Å². The molecule has 0 N–H and O–H groups in total. The molecule has 0 aliphatic heterocycles. The van der Waals surface area contributed by atoms with Crippen LogP contribution in [0.4, 0.5) is 4.39 Å². The fraction of sp³-hybridized carbons (Fsp3) is 0.312. The number of halogens is 2. The third-order valence-corrected chi connectivity index (χ3v) is 3.80. The van der Waals surface area contributed by atoms with Gasteiger partial charge in [0.2, 0.25) is 0 Å².